The third-order valence-electron chi connectivity index (χ3n) is 5.41. The minimum absolute atomic E-state index is 0.0544. The lowest BCUT2D eigenvalue weighted by Gasteiger charge is -2.25. The second kappa shape index (κ2) is 10.0. The molecule has 0 spiro atoms. The van der Waals surface area contributed by atoms with E-state index in [1.807, 2.05) is 0 Å². The number of aromatic nitrogens is 2. The zero-order valence-corrected chi connectivity index (χ0v) is 18.8. The number of hydrogen-bond acceptors (Lipinski definition) is 4. The van der Waals surface area contributed by atoms with Gasteiger partial charge in [0.2, 0.25) is 5.95 Å². The molecule has 0 saturated carbocycles. The van der Waals surface area contributed by atoms with Gasteiger partial charge in [0.05, 0.1) is 11.0 Å². The molecule has 1 atom stereocenters. The topological polar surface area (TPSA) is 76.4 Å². The lowest BCUT2D eigenvalue weighted by atomic mass is 10.1. The molecule has 0 unspecified atom stereocenters. The standard InChI is InChI=1S/C25H19F6N3O3/c26-24(27,28)22(16-4-2-1-3-5-16)34-20-12-6-15(7-13-21(35)36)14-19(20)33-23(34)32-17-8-10-18(11-9-17)37-25(29,30)31/h1-6,8-12,14,22H,7,13H2,(H,32,33)(H,35,36)/t22-/m1/s1. The van der Waals surface area contributed by atoms with Gasteiger partial charge in [-0.2, -0.15) is 13.2 Å². The summed E-state index contributed by atoms with van der Waals surface area (Å²) in [4.78, 5) is 15.3. The summed E-state index contributed by atoms with van der Waals surface area (Å²) in [5, 5.41) is 11.7. The van der Waals surface area contributed by atoms with Gasteiger partial charge in [0.1, 0.15) is 5.75 Å². The SMILES string of the molecule is O=C(O)CCc1ccc2c(c1)nc(Nc1ccc(OC(F)(F)F)cc1)n2[C@H](c1ccccc1)C(F)(F)F. The monoisotopic (exact) mass is 523 g/mol. The van der Waals surface area contributed by atoms with Crippen molar-refractivity contribution in [3.05, 3.63) is 83.9 Å². The Bertz CT molecular complexity index is 1380. The third-order valence-corrected chi connectivity index (χ3v) is 5.41. The molecule has 37 heavy (non-hydrogen) atoms. The average molecular weight is 523 g/mol. The van der Waals surface area contributed by atoms with Crippen LogP contribution in [0.1, 0.15) is 23.6 Å². The number of benzene rings is 3. The van der Waals surface area contributed by atoms with Gasteiger partial charge in [-0.25, -0.2) is 4.98 Å². The number of anilines is 2. The van der Waals surface area contributed by atoms with Gasteiger partial charge in [-0.05, 0) is 53.9 Å². The molecule has 0 aliphatic heterocycles. The summed E-state index contributed by atoms with van der Waals surface area (Å²) in [6, 6.07) is 14.0. The van der Waals surface area contributed by atoms with Crippen LogP contribution in [-0.4, -0.2) is 33.2 Å². The highest BCUT2D eigenvalue weighted by molar-refractivity contribution is 5.81. The molecule has 0 fully saturated rings. The molecule has 1 heterocycles. The number of carboxylic acids is 1. The van der Waals surface area contributed by atoms with E-state index >= 15 is 0 Å². The Kier molecular flexibility index (Phi) is 7.01. The predicted octanol–water partition coefficient (Wildman–Crippen LogP) is 6.85. The van der Waals surface area contributed by atoms with Crippen LogP contribution < -0.4 is 10.1 Å². The molecule has 0 aliphatic rings. The molecular weight excluding hydrogens is 504 g/mol. The Morgan fingerprint density at radius 1 is 0.973 bits per heavy atom. The summed E-state index contributed by atoms with van der Waals surface area (Å²) < 4.78 is 85.5. The van der Waals surface area contributed by atoms with Gasteiger partial charge < -0.3 is 15.2 Å². The first kappa shape index (κ1) is 25.9. The number of alkyl halides is 6. The van der Waals surface area contributed by atoms with Crippen LogP contribution in [0.15, 0.2) is 72.8 Å². The fourth-order valence-electron chi connectivity index (χ4n) is 3.89. The van der Waals surface area contributed by atoms with E-state index in [1.165, 1.54) is 54.6 Å². The van der Waals surface area contributed by atoms with Crippen molar-refractivity contribution in [1.29, 1.82) is 0 Å². The summed E-state index contributed by atoms with van der Waals surface area (Å²) in [5.74, 6) is -1.72. The van der Waals surface area contributed by atoms with E-state index in [2.05, 4.69) is 15.0 Å². The van der Waals surface area contributed by atoms with Gasteiger partial charge in [0.25, 0.3) is 0 Å². The van der Waals surface area contributed by atoms with E-state index in [4.69, 9.17) is 5.11 Å². The smallest absolute Gasteiger partial charge is 0.481 e. The molecule has 0 bridgehead atoms. The van der Waals surface area contributed by atoms with Crippen molar-refractivity contribution in [2.24, 2.45) is 0 Å². The van der Waals surface area contributed by atoms with Crippen LogP contribution >= 0.6 is 0 Å². The van der Waals surface area contributed by atoms with Crippen LogP contribution in [-0.2, 0) is 11.2 Å². The van der Waals surface area contributed by atoms with Crippen molar-refractivity contribution in [3.63, 3.8) is 0 Å². The van der Waals surface area contributed by atoms with E-state index in [0.717, 1.165) is 16.7 Å². The number of aryl methyl sites for hydroxylation is 1. The molecule has 0 amide bonds. The molecule has 6 nitrogen and oxygen atoms in total. The highest BCUT2D eigenvalue weighted by Gasteiger charge is 2.44. The number of carbonyl (C=O) groups is 1. The van der Waals surface area contributed by atoms with Crippen LogP contribution in [0.3, 0.4) is 0 Å². The number of rotatable bonds is 8. The summed E-state index contributed by atoms with van der Waals surface area (Å²) in [6.45, 7) is 0. The highest BCUT2D eigenvalue weighted by Crippen LogP contribution is 2.41. The maximum atomic E-state index is 14.5. The van der Waals surface area contributed by atoms with Crippen molar-refractivity contribution < 1.29 is 41.0 Å². The predicted molar refractivity (Wildman–Crippen MR) is 123 cm³/mol. The lowest BCUT2D eigenvalue weighted by molar-refractivity contribution is -0.274. The van der Waals surface area contributed by atoms with E-state index in [1.54, 1.807) is 6.07 Å². The largest absolute Gasteiger partial charge is 0.573 e. The normalized spacial score (nSPS) is 12.9. The van der Waals surface area contributed by atoms with Gasteiger partial charge in [0.15, 0.2) is 6.04 Å². The number of imidazole rings is 1. The van der Waals surface area contributed by atoms with Gasteiger partial charge in [-0.1, -0.05) is 36.4 Å². The Morgan fingerprint density at radius 3 is 2.24 bits per heavy atom. The summed E-state index contributed by atoms with van der Waals surface area (Å²) in [6.07, 6.45) is -9.64. The van der Waals surface area contributed by atoms with Crippen LogP contribution in [0.5, 0.6) is 5.75 Å². The van der Waals surface area contributed by atoms with Crippen molar-refractivity contribution >= 4 is 28.6 Å². The number of hydrogen-bond donors (Lipinski definition) is 2. The summed E-state index contributed by atoms with van der Waals surface area (Å²) >= 11 is 0. The molecule has 0 radical (unpaired) electrons. The molecule has 4 aromatic rings. The minimum Gasteiger partial charge on any atom is -0.481 e. The highest BCUT2D eigenvalue weighted by atomic mass is 19.4. The van der Waals surface area contributed by atoms with Crippen molar-refractivity contribution in [1.82, 2.24) is 9.55 Å². The number of aliphatic carboxylic acids is 1. The fraction of sp³-hybridized carbons (Fsp3) is 0.200. The Hall–Kier alpha value is -4.22. The summed E-state index contributed by atoms with van der Waals surface area (Å²) in [5.41, 5.74) is 1.01. The maximum absolute atomic E-state index is 14.5. The zero-order valence-electron chi connectivity index (χ0n) is 18.8. The van der Waals surface area contributed by atoms with Crippen LogP contribution in [0, 0.1) is 0 Å². The van der Waals surface area contributed by atoms with Gasteiger partial charge >= 0.3 is 18.5 Å². The number of ether oxygens (including phenoxy) is 1. The second-order valence-corrected chi connectivity index (χ2v) is 8.07. The van der Waals surface area contributed by atoms with E-state index < -0.39 is 30.3 Å². The average Bonchev–Trinajstić information content (AvgIpc) is 3.14. The molecule has 3 aromatic carbocycles. The van der Waals surface area contributed by atoms with Crippen LogP contribution in [0.25, 0.3) is 11.0 Å². The first-order valence-corrected chi connectivity index (χ1v) is 10.9. The lowest BCUT2D eigenvalue weighted by Crippen LogP contribution is -2.28. The number of fused-ring (bicyclic) bond motifs is 1. The first-order valence-electron chi connectivity index (χ1n) is 10.9. The van der Waals surface area contributed by atoms with Crippen LogP contribution in [0.2, 0.25) is 0 Å². The number of nitrogens with one attached hydrogen (secondary N) is 1. The van der Waals surface area contributed by atoms with E-state index in [-0.39, 0.29) is 41.1 Å². The van der Waals surface area contributed by atoms with Crippen LogP contribution in [0.4, 0.5) is 38.0 Å². The zero-order chi connectivity index (χ0) is 26.8. The van der Waals surface area contributed by atoms with Gasteiger partial charge in [-0.3, -0.25) is 9.36 Å². The molecule has 194 valence electrons. The van der Waals surface area contributed by atoms with Gasteiger partial charge in [0, 0.05) is 12.1 Å². The van der Waals surface area contributed by atoms with Crippen molar-refractivity contribution in [2.45, 2.75) is 31.4 Å². The van der Waals surface area contributed by atoms with E-state index in [9.17, 15) is 31.1 Å². The quantitative estimate of drug-likeness (QED) is 0.247. The number of halogens is 6. The Morgan fingerprint density at radius 2 is 1.65 bits per heavy atom. The fourth-order valence-corrected chi connectivity index (χ4v) is 3.89. The number of nitrogens with zero attached hydrogens (tertiary/aromatic N) is 2. The Balaban J connectivity index is 1.81. The molecule has 4 rings (SSSR count). The van der Waals surface area contributed by atoms with E-state index in [0.29, 0.717) is 5.56 Å². The summed E-state index contributed by atoms with van der Waals surface area (Å²) in [7, 11) is 0. The van der Waals surface area contributed by atoms with Crippen molar-refractivity contribution in [2.75, 3.05) is 5.32 Å². The third kappa shape index (κ3) is 6.32. The molecule has 12 heteroatoms. The first-order chi connectivity index (χ1) is 17.4. The Labute approximate surface area is 206 Å². The molecule has 0 aliphatic carbocycles. The van der Waals surface area contributed by atoms with Crippen molar-refractivity contribution in [3.8, 4) is 5.75 Å². The maximum Gasteiger partial charge on any atom is 0.573 e. The molecular formula is C25H19F6N3O3. The molecule has 2 N–H and O–H groups in total. The van der Waals surface area contributed by atoms with Gasteiger partial charge in [-0.15, -0.1) is 13.2 Å². The number of carboxylic acid groups (broad SMARTS) is 1. The minimum atomic E-state index is -4.89. The second-order valence-electron chi connectivity index (χ2n) is 8.07. The molecule has 0 saturated heterocycles. The molecule has 1 aromatic heterocycles.